The molecular weight excluding hydrogens is 578 g/mol. The van der Waals surface area contributed by atoms with Gasteiger partial charge in [-0.15, -0.1) is 0 Å². The predicted molar refractivity (Wildman–Crippen MR) is 171 cm³/mol. The molecule has 244 valence electrons. The molecule has 1 heterocycles. The van der Waals surface area contributed by atoms with Gasteiger partial charge in [0.1, 0.15) is 23.9 Å². The molecule has 0 aliphatic carbocycles. The molecule has 0 spiro atoms. The quantitative estimate of drug-likeness (QED) is 0.0856. The van der Waals surface area contributed by atoms with Gasteiger partial charge in [0.15, 0.2) is 0 Å². The standard InChI is InChI=1S/C32H45N7O6/c33-15-5-3-9-26(37-29(41)24(35)17-20-11-13-22(40)14-12-20)30(42)39-28(18-21-19-36-25-8-2-1-7-23(21)25)31(43)38-27(32(44)45)10-4-6-16-34/h1-2,7-8,11-14,19,24,26-28,36,40H,3-6,9-10,15-18,33-35H2,(H,37,41)(H,38,43)(H,39,42)(H,44,45). The van der Waals surface area contributed by atoms with Gasteiger partial charge in [-0.3, -0.25) is 14.4 Å². The number of nitrogens with two attached hydrogens (primary N) is 3. The molecule has 3 amide bonds. The fraction of sp³-hybridized carbons (Fsp3) is 0.438. The van der Waals surface area contributed by atoms with Crippen LogP contribution in [0.4, 0.5) is 0 Å². The van der Waals surface area contributed by atoms with Gasteiger partial charge < -0.3 is 48.3 Å². The monoisotopic (exact) mass is 623 g/mol. The van der Waals surface area contributed by atoms with Crippen molar-refractivity contribution in [1.82, 2.24) is 20.9 Å². The van der Waals surface area contributed by atoms with Crippen molar-refractivity contribution in [3.63, 3.8) is 0 Å². The van der Waals surface area contributed by atoms with E-state index in [0.29, 0.717) is 38.8 Å². The Hall–Kier alpha value is -4.46. The van der Waals surface area contributed by atoms with E-state index in [1.165, 1.54) is 12.1 Å². The third-order valence-corrected chi connectivity index (χ3v) is 7.60. The summed E-state index contributed by atoms with van der Waals surface area (Å²) in [6.45, 7) is 0.796. The topological polar surface area (TPSA) is 239 Å². The molecule has 4 unspecified atom stereocenters. The fourth-order valence-corrected chi connectivity index (χ4v) is 5.04. The number of unbranched alkanes of at least 4 members (excludes halogenated alkanes) is 2. The second-order valence-corrected chi connectivity index (χ2v) is 11.1. The number of benzene rings is 2. The second kappa shape index (κ2) is 17.7. The molecule has 2 aromatic carbocycles. The van der Waals surface area contributed by atoms with E-state index >= 15 is 0 Å². The lowest BCUT2D eigenvalue weighted by atomic mass is 10.0. The molecule has 12 N–H and O–H groups in total. The second-order valence-electron chi connectivity index (χ2n) is 11.1. The Morgan fingerprint density at radius 1 is 0.733 bits per heavy atom. The summed E-state index contributed by atoms with van der Waals surface area (Å²) in [6, 6.07) is 9.49. The smallest absolute Gasteiger partial charge is 0.326 e. The number of carbonyl (C=O) groups is 4. The Labute approximate surface area is 262 Å². The molecule has 0 bridgehead atoms. The minimum Gasteiger partial charge on any atom is -0.508 e. The number of nitrogens with one attached hydrogen (secondary N) is 4. The van der Waals surface area contributed by atoms with Crippen LogP contribution in [0, 0.1) is 0 Å². The highest BCUT2D eigenvalue weighted by Gasteiger charge is 2.31. The lowest BCUT2D eigenvalue weighted by Crippen LogP contribution is -2.57. The maximum Gasteiger partial charge on any atom is 0.326 e. The van der Waals surface area contributed by atoms with Gasteiger partial charge in [0.25, 0.3) is 0 Å². The van der Waals surface area contributed by atoms with Gasteiger partial charge in [-0.25, -0.2) is 4.79 Å². The van der Waals surface area contributed by atoms with Crippen molar-refractivity contribution in [2.75, 3.05) is 13.1 Å². The van der Waals surface area contributed by atoms with Crippen LogP contribution in [-0.2, 0) is 32.0 Å². The number of aromatic amines is 1. The van der Waals surface area contributed by atoms with E-state index in [4.69, 9.17) is 17.2 Å². The fourth-order valence-electron chi connectivity index (χ4n) is 5.04. The van der Waals surface area contributed by atoms with E-state index in [1.54, 1.807) is 18.3 Å². The maximum atomic E-state index is 13.7. The SMILES string of the molecule is NCCCCC(NC(=O)C(Cc1c[nH]c2ccccc12)NC(=O)C(CCCCN)NC(=O)C(N)Cc1ccc(O)cc1)C(=O)O. The summed E-state index contributed by atoms with van der Waals surface area (Å²) in [6.07, 6.45) is 4.68. The Morgan fingerprint density at radius 3 is 1.96 bits per heavy atom. The first-order valence-corrected chi connectivity index (χ1v) is 15.3. The zero-order valence-corrected chi connectivity index (χ0v) is 25.3. The molecule has 0 radical (unpaired) electrons. The van der Waals surface area contributed by atoms with E-state index in [1.807, 2.05) is 24.3 Å². The van der Waals surface area contributed by atoms with Crippen molar-refractivity contribution in [3.8, 4) is 5.75 Å². The highest BCUT2D eigenvalue weighted by atomic mass is 16.4. The molecule has 13 nitrogen and oxygen atoms in total. The van der Waals surface area contributed by atoms with Gasteiger partial charge in [-0.2, -0.15) is 0 Å². The molecule has 13 heteroatoms. The van der Waals surface area contributed by atoms with Crippen molar-refractivity contribution >= 4 is 34.6 Å². The number of hydrogen-bond acceptors (Lipinski definition) is 8. The summed E-state index contributed by atoms with van der Waals surface area (Å²) in [5, 5.41) is 28.2. The van der Waals surface area contributed by atoms with Crippen LogP contribution < -0.4 is 33.2 Å². The number of amides is 3. The zero-order valence-electron chi connectivity index (χ0n) is 25.3. The van der Waals surface area contributed by atoms with Crippen molar-refractivity contribution in [2.45, 2.75) is 75.5 Å². The number of phenolic OH excluding ortho intramolecular Hbond substituents is 1. The van der Waals surface area contributed by atoms with Crippen LogP contribution in [0.3, 0.4) is 0 Å². The molecule has 0 aliphatic heterocycles. The molecule has 3 aromatic rings. The number of aromatic nitrogens is 1. The van der Waals surface area contributed by atoms with Crippen LogP contribution in [0.1, 0.15) is 49.7 Å². The van der Waals surface area contributed by atoms with Gasteiger partial charge in [0, 0.05) is 23.5 Å². The summed E-state index contributed by atoms with van der Waals surface area (Å²) in [7, 11) is 0. The van der Waals surface area contributed by atoms with Gasteiger partial charge in [0.2, 0.25) is 17.7 Å². The van der Waals surface area contributed by atoms with Gasteiger partial charge in [0.05, 0.1) is 6.04 Å². The lowest BCUT2D eigenvalue weighted by molar-refractivity contribution is -0.142. The number of carboxylic acids is 1. The third kappa shape index (κ3) is 10.9. The number of rotatable bonds is 19. The minimum absolute atomic E-state index is 0.0700. The number of phenols is 1. The van der Waals surface area contributed by atoms with E-state index in [9.17, 15) is 29.4 Å². The number of aromatic hydroxyl groups is 1. The number of carbonyl (C=O) groups excluding carboxylic acids is 3. The average Bonchev–Trinajstić information content (AvgIpc) is 3.43. The van der Waals surface area contributed by atoms with Crippen molar-refractivity contribution in [1.29, 1.82) is 0 Å². The highest BCUT2D eigenvalue weighted by Crippen LogP contribution is 2.20. The Balaban J connectivity index is 1.80. The lowest BCUT2D eigenvalue weighted by Gasteiger charge is -2.25. The van der Waals surface area contributed by atoms with Crippen LogP contribution >= 0.6 is 0 Å². The summed E-state index contributed by atoms with van der Waals surface area (Å²) in [5.41, 5.74) is 19.7. The summed E-state index contributed by atoms with van der Waals surface area (Å²) < 4.78 is 0. The van der Waals surface area contributed by atoms with Gasteiger partial charge >= 0.3 is 5.97 Å². The molecule has 0 saturated carbocycles. The zero-order chi connectivity index (χ0) is 32.8. The molecule has 0 saturated heterocycles. The van der Waals surface area contributed by atoms with Crippen molar-refractivity contribution in [2.24, 2.45) is 17.2 Å². The number of H-pyrrole nitrogens is 1. The molecule has 0 fully saturated rings. The molecule has 4 atom stereocenters. The molecule has 1 aromatic heterocycles. The average molecular weight is 624 g/mol. The first-order chi connectivity index (χ1) is 21.6. The number of aliphatic carboxylic acids is 1. The van der Waals surface area contributed by atoms with E-state index in [2.05, 4.69) is 20.9 Å². The minimum atomic E-state index is -1.19. The van der Waals surface area contributed by atoms with Crippen molar-refractivity contribution in [3.05, 3.63) is 65.9 Å². The third-order valence-electron chi connectivity index (χ3n) is 7.60. The van der Waals surface area contributed by atoms with Gasteiger partial charge in [-0.1, -0.05) is 30.3 Å². The molecule has 45 heavy (non-hydrogen) atoms. The number of fused-ring (bicyclic) bond motifs is 1. The van der Waals surface area contributed by atoms with Crippen LogP contribution in [0.2, 0.25) is 0 Å². The van der Waals surface area contributed by atoms with E-state index in [-0.39, 0.29) is 31.4 Å². The summed E-state index contributed by atoms with van der Waals surface area (Å²) in [4.78, 5) is 55.4. The molecular formula is C32H45N7O6. The normalized spacial score (nSPS) is 13.8. The Bertz CT molecular complexity index is 1410. The Kier molecular flexibility index (Phi) is 13.8. The predicted octanol–water partition coefficient (Wildman–Crippen LogP) is 0.783. The first kappa shape index (κ1) is 35.0. The summed E-state index contributed by atoms with van der Waals surface area (Å²) >= 11 is 0. The van der Waals surface area contributed by atoms with Crippen LogP contribution in [0.15, 0.2) is 54.7 Å². The first-order valence-electron chi connectivity index (χ1n) is 15.3. The number of carboxylic acid groups (broad SMARTS) is 1. The van der Waals surface area contributed by atoms with E-state index in [0.717, 1.165) is 22.0 Å². The highest BCUT2D eigenvalue weighted by molar-refractivity contribution is 5.95. The van der Waals surface area contributed by atoms with Crippen molar-refractivity contribution < 1.29 is 29.4 Å². The van der Waals surface area contributed by atoms with Crippen LogP contribution in [0.25, 0.3) is 10.9 Å². The number of hydrogen-bond donors (Lipinski definition) is 9. The van der Waals surface area contributed by atoms with E-state index < -0.39 is 47.9 Å². The summed E-state index contributed by atoms with van der Waals surface area (Å²) in [5.74, 6) is -2.92. The maximum absolute atomic E-state index is 13.7. The largest absolute Gasteiger partial charge is 0.508 e. The molecule has 3 rings (SSSR count). The van der Waals surface area contributed by atoms with Gasteiger partial charge in [-0.05, 0) is 87.4 Å². The molecule has 0 aliphatic rings. The van der Waals surface area contributed by atoms with Crippen LogP contribution in [0.5, 0.6) is 5.75 Å². The Morgan fingerprint density at radius 2 is 1.31 bits per heavy atom. The van der Waals surface area contributed by atoms with Crippen LogP contribution in [-0.4, -0.2) is 76.1 Å². The number of para-hydroxylation sites is 1.